The third-order valence-corrected chi connectivity index (χ3v) is 5.97. The number of para-hydroxylation sites is 1. The Morgan fingerprint density at radius 2 is 1.77 bits per heavy atom. The first-order valence-corrected chi connectivity index (χ1v) is 12.0. The summed E-state index contributed by atoms with van der Waals surface area (Å²) in [7, 11) is 0. The van der Waals surface area contributed by atoms with Crippen molar-refractivity contribution in [3.8, 4) is 5.69 Å². The number of benzene rings is 2. The van der Waals surface area contributed by atoms with Crippen LogP contribution in [0.4, 0.5) is 0 Å². The zero-order valence-corrected chi connectivity index (χ0v) is 19.5. The van der Waals surface area contributed by atoms with Gasteiger partial charge in [0.15, 0.2) is 5.16 Å². The number of aryl methyl sites for hydroxylation is 2. The number of amides is 1. The van der Waals surface area contributed by atoms with Crippen molar-refractivity contribution < 1.29 is 4.79 Å². The molecule has 1 amide bonds. The maximum atomic E-state index is 11.9. The molecule has 0 saturated carbocycles. The van der Waals surface area contributed by atoms with Gasteiger partial charge in [-0.15, -0.1) is 10.2 Å². The minimum Gasteiger partial charge on any atom is -0.356 e. The Hall–Kier alpha value is -2.60. The lowest BCUT2D eigenvalue weighted by Gasteiger charge is -2.11. The predicted octanol–water partition coefficient (Wildman–Crippen LogP) is 5.35. The van der Waals surface area contributed by atoms with E-state index < -0.39 is 0 Å². The van der Waals surface area contributed by atoms with Gasteiger partial charge < -0.3 is 5.32 Å². The van der Waals surface area contributed by atoms with Crippen LogP contribution in [0, 0.1) is 12.8 Å². The number of hydrogen-bond acceptors (Lipinski definition) is 4. The number of unbranched alkanes of at least 4 members (excludes halogenated alkanes) is 1. The quantitative estimate of drug-likeness (QED) is 0.325. The molecule has 0 bridgehead atoms. The van der Waals surface area contributed by atoms with Crippen molar-refractivity contribution in [2.75, 3.05) is 6.54 Å². The monoisotopic (exact) mass is 436 g/mol. The number of nitrogens with zero attached hydrogens (tertiary/aromatic N) is 3. The van der Waals surface area contributed by atoms with E-state index in [4.69, 9.17) is 0 Å². The van der Waals surface area contributed by atoms with Crippen LogP contribution in [-0.2, 0) is 17.0 Å². The Kier molecular flexibility index (Phi) is 8.71. The maximum absolute atomic E-state index is 11.9. The van der Waals surface area contributed by atoms with E-state index in [2.05, 4.69) is 77.3 Å². The molecule has 5 nitrogen and oxygen atoms in total. The summed E-state index contributed by atoms with van der Waals surface area (Å²) in [6.07, 6.45) is 3.10. The molecule has 0 saturated heterocycles. The van der Waals surface area contributed by atoms with Gasteiger partial charge in [-0.05, 0) is 43.4 Å². The van der Waals surface area contributed by atoms with E-state index in [9.17, 15) is 4.79 Å². The van der Waals surface area contributed by atoms with Gasteiger partial charge in [0.1, 0.15) is 5.82 Å². The highest BCUT2D eigenvalue weighted by molar-refractivity contribution is 7.98. The maximum Gasteiger partial charge on any atom is 0.220 e. The number of hydrogen-bond donors (Lipinski definition) is 1. The van der Waals surface area contributed by atoms with E-state index in [1.54, 1.807) is 11.8 Å². The number of rotatable bonds is 11. The SMILES string of the molecule is Cc1ccc(CSc2nnc(CCCCC(=O)NCC(C)C)n2-c2ccccc2)cc1. The number of carbonyl (C=O) groups is 1. The van der Waals surface area contributed by atoms with E-state index in [-0.39, 0.29) is 5.91 Å². The van der Waals surface area contributed by atoms with Gasteiger partial charge >= 0.3 is 0 Å². The molecule has 0 unspecified atom stereocenters. The Morgan fingerprint density at radius 3 is 2.48 bits per heavy atom. The molecule has 0 aliphatic heterocycles. The summed E-state index contributed by atoms with van der Waals surface area (Å²) < 4.78 is 2.15. The average molecular weight is 437 g/mol. The highest BCUT2D eigenvalue weighted by atomic mass is 32.2. The number of carbonyl (C=O) groups excluding carboxylic acids is 1. The van der Waals surface area contributed by atoms with Crippen LogP contribution in [-0.4, -0.2) is 27.2 Å². The smallest absolute Gasteiger partial charge is 0.220 e. The van der Waals surface area contributed by atoms with Gasteiger partial charge in [0.25, 0.3) is 0 Å². The summed E-state index contributed by atoms with van der Waals surface area (Å²) in [6, 6.07) is 18.9. The Bertz CT molecular complexity index is 951. The van der Waals surface area contributed by atoms with Crippen molar-refractivity contribution in [1.29, 1.82) is 0 Å². The van der Waals surface area contributed by atoms with Crippen LogP contribution in [0.3, 0.4) is 0 Å². The van der Waals surface area contributed by atoms with Crippen LogP contribution >= 0.6 is 11.8 Å². The molecule has 0 atom stereocenters. The van der Waals surface area contributed by atoms with Crippen LogP contribution < -0.4 is 5.32 Å². The second kappa shape index (κ2) is 11.7. The minimum atomic E-state index is 0.132. The van der Waals surface area contributed by atoms with Crippen LogP contribution in [0.2, 0.25) is 0 Å². The topological polar surface area (TPSA) is 59.8 Å². The molecule has 3 aromatic rings. The summed E-state index contributed by atoms with van der Waals surface area (Å²) in [6.45, 7) is 7.04. The third-order valence-electron chi connectivity index (χ3n) is 4.97. The van der Waals surface area contributed by atoms with Crippen LogP contribution in [0.1, 0.15) is 50.1 Å². The van der Waals surface area contributed by atoms with Gasteiger partial charge in [-0.25, -0.2) is 0 Å². The normalized spacial score (nSPS) is 11.1. The Balaban J connectivity index is 1.63. The lowest BCUT2D eigenvalue weighted by molar-refractivity contribution is -0.121. The van der Waals surface area contributed by atoms with Gasteiger partial charge in [-0.1, -0.05) is 73.6 Å². The second-order valence-electron chi connectivity index (χ2n) is 8.25. The van der Waals surface area contributed by atoms with Gasteiger partial charge in [-0.3, -0.25) is 9.36 Å². The fourth-order valence-electron chi connectivity index (χ4n) is 3.20. The second-order valence-corrected chi connectivity index (χ2v) is 9.19. The molecule has 1 N–H and O–H groups in total. The predicted molar refractivity (Wildman–Crippen MR) is 128 cm³/mol. The lowest BCUT2D eigenvalue weighted by atomic mass is 10.1. The fourth-order valence-corrected chi connectivity index (χ4v) is 4.13. The van der Waals surface area contributed by atoms with Crippen molar-refractivity contribution in [2.24, 2.45) is 5.92 Å². The largest absolute Gasteiger partial charge is 0.356 e. The van der Waals surface area contributed by atoms with Crippen molar-refractivity contribution in [2.45, 2.75) is 57.4 Å². The highest BCUT2D eigenvalue weighted by Gasteiger charge is 2.14. The third kappa shape index (κ3) is 7.24. The summed E-state index contributed by atoms with van der Waals surface area (Å²) in [5, 5.41) is 12.9. The number of thioether (sulfide) groups is 1. The molecule has 0 spiro atoms. The first-order valence-electron chi connectivity index (χ1n) is 11.0. The van der Waals surface area contributed by atoms with E-state index in [1.807, 2.05) is 18.2 Å². The molecular formula is C25H32N4OS. The van der Waals surface area contributed by atoms with Crippen molar-refractivity contribution in [3.05, 3.63) is 71.5 Å². The summed E-state index contributed by atoms with van der Waals surface area (Å²) >= 11 is 1.70. The van der Waals surface area contributed by atoms with Gasteiger partial charge in [0.2, 0.25) is 5.91 Å². The van der Waals surface area contributed by atoms with Crippen molar-refractivity contribution in [1.82, 2.24) is 20.1 Å². The highest BCUT2D eigenvalue weighted by Crippen LogP contribution is 2.26. The van der Waals surface area contributed by atoms with Gasteiger partial charge in [0.05, 0.1) is 0 Å². The molecular weight excluding hydrogens is 404 g/mol. The standard InChI is InChI=1S/C25H32N4OS/c1-19(2)17-26-24(30)12-8-7-11-23-27-28-25(29(23)22-9-5-4-6-10-22)31-18-21-15-13-20(3)14-16-21/h4-6,9-10,13-16,19H,7-8,11-12,17-18H2,1-3H3,(H,26,30). The molecule has 3 rings (SSSR count). The number of nitrogens with one attached hydrogen (secondary N) is 1. The molecule has 0 fully saturated rings. The zero-order chi connectivity index (χ0) is 22.1. The molecule has 0 aliphatic rings. The summed E-state index contributed by atoms with van der Waals surface area (Å²) in [4.78, 5) is 11.9. The van der Waals surface area contributed by atoms with Gasteiger partial charge in [-0.2, -0.15) is 0 Å². The summed E-state index contributed by atoms with van der Waals surface area (Å²) in [5.74, 6) is 2.40. The average Bonchev–Trinajstić information content (AvgIpc) is 3.18. The molecule has 1 heterocycles. The molecule has 164 valence electrons. The van der Waals surface area contributed by atoms with Crippen LogP contribution in [0.15, 0.2) is 59.8 Å². The zero-order valence-electron chi connectivity index (χ0n) is 18.7. The Morgan fingerprint density at radius 1 is 1.03 bits per heavy atom. The molecule has 6 heteroatoms. The molecule has 31 heavy (non-hydrogen) atoms. The van der Waals surface area contributed by atoms with Crippen LogP contribution in [0.25, 0.3) is 5.69 Å². The van der Waals surface area contributed by atoms with E-state index in [1.165, 1.54) is 11.1 Å². The molecule has 0 aliphatic carbocycles. The Labute approximate surface area is 189 Å². The van der Waals surface area contributed by atoms with Crippen molar-refractivity contribution >= 4 is 17.7 Å². The molecule has 1 aromatic heterocycles. The van der Waals surface area contributed by atoms with Crippen LogP contribution in [0.5, 0.6) is 0 Å². The van der Waals surface area contributed by atoms with E-state index in [0.29, 0.717) is 12.3 Å². The summed E-state index contributed by atoms with van der Waals surface area (Å²) in [5.41, 5.74) is 3.61. The van der Waals surface area contributed by atoms with E-state index in [0.717, 1.165) is 48.2 Å². The van der Waals surface area contributed by atoms with Crippen molar-refractivity contribution in [3.63, 3.8) is 0 Å². The van der Waals surface area contributed by atoms with Gasteiger partial charge in [0, 0.05) is 30.8 Å². The lowest BCUT2D eigenvalue weighted by Crippen LogP contribution is -2.26. The van der Waals surface area contributed by atoms with E-state index >= 15 is 0 Å². The fraction of sp³-hybridized carbons (Fsp3) is 0.400. The molecule has 2 aromatic carbocycles. The minimum absolute atomic E-state index is 0.132. The molecule has 0 radical (unpaired) electrons. The first kappa shape index (κ1) is 23.1. The first-order chi connectivity index (χ1) is 15.0. The number of aromatic nitrogens is 3.